The molecule has 0 saturated carbocycles. The maximum Gasteiger partial charge on any atom is 0.293 e. The van der Waals surface area contributed by atoms with Crippen molar-refractivity contribution in [3.63, 3.8) is 0 Å². The van der Waals surface area contributed by atoms with Crippen molar-refractivity contribution in [2.45, 2.75) is 25.5 Å². The van der Waals surface area contributed by atoms with Gasteiger partial charge in [-0.3, -0.25) is 14.9 Å². The summed E-state index contributed by atoms with van der Waals surface area (Å²) in [6, 6.07) is 3.02. The quantitative estimate of drug-likeness (QED) is 0.515. The van der Waals surface area contributed by atoms with Crippen molar-refractivity contribution < 1.29 is 9.72 Å². The van der Waals surface area contributed by atoms with Crippen LogP contribution in [0.15, 0.2) is 12.1 Å². The van der Waals surface area contributed by atoms with Gasteiger partial charge in [0.05, 0.1) is 10.5 Å². The number of hydrogen-bond acceptors (Lipinski definition) is 5. The fraction of sp³-hybridized carbons (Fsp3) is 0.500. The first-order chi connectivity index (χ1) is 9.71. The number of nitrogens with two attached hydrogens (primary N) is 1. The number of amides is 1. The molecule has 0 atom stereocenters. The van der Waals surface area contributed by atoms with Gasteiger partial charge in [0.1, 0.15) is 5.69 Å². The lowest BCUT2D eigenvalue weighted by molar-refractivity contribution is -0.384. The third-order valence-corrected chi connectivity index (χ3v) is 4.74. The van der Waals surface area contributed by atoms with Gasteiger partial charge in [-0.25, -0.2) is 0 Å². The van der Waals surface area contributed by atoms with Crippen molar-refractivity contribution in [3.8, 4) is 0 Å². The van der Waals surface area contributed by atoms with E-state index in [4.69, 9.17) is 5.73 Å². The second-order valence-corrected chi connectivity index (χ2v) is 7.64. The summed E-state index contributed by atoms with van der Waals surface area (Å²) in [5.74, 6) is 0.625. The average Bonchev–Trinajstić information content (AvgIpc) is 2.38. The lowest BCUT2D eigenvalue weighted by Crippen LogP contribution is -2.46. The molecular formula is C14H19N3O3S. The molecule has 1 aromatic rings. The summed E-state index contributed by atoms with van der Waals surface area (Å²) < 4.78 is -0.0154. The Labute approximate surface area is 127 Å². The number of hydrogen-bond donors (Lipinski definition) is 1. The number of nitro groups is 1. The molecule has 1 saturated heterocycles. The molecule has 1 heterocycles. The minimum atomic E-state index is -0.547. The van der Waals surface area contributed by atoms with Crippen LogP contribution in [0, 0.1) is 17.0 Å². The van der Waals surface area contributed by atoms with Crippen molar-refractivity contribution in [2.75, 3.05) is 24.6 Å². The molecule has 21 heavy (non-hydrogen) atoms. The van der Waals surface area contributed by atoms with Crippen molar-refractivity contribution in [3.05, 3.63) is 33.4 Å². The van der Waals surface area contributed by atoms with Gasteiger partial charge in [0, 0.05) is 29.7 Å². The van der Waals surface area contributed by atoms with Crippen LogP contribution in [0.2, 0.25) is 0 Å². The van der Waals surface area contributed by atoms with E-state index in [1.807, 2.05) is 11.8 Å². The Bertz CT molecular complexity index is 601. The molecule has 7 heteroatoms. The van der Waals surface area contributed by atoms with E-state index in [0.717, 1.165) is 5.75 Å². The van der Waals surface area contributed by atoms with Crippen LogP contribution in [0.4, 0.5) is 11.4 Å². The predicted molar refractivity (Wildman–Crippen MR) is 84.7 cm³/mol. The predicted octanol–water partition coefficient (Wildman–Crippen LogP) is 2.45. The molecule has 2 N–H and O–H groups in total. The van der Waals surface area contributed by atoms with E-state index in [1.165, 1.54) is 6.07 Å². The highest BCUT2D eigenvalue weighted by Gasteiger charge is 2.32. The largest absolute Gasteiger partial charge is 0.393 e. The molecule has 0 aromatic heterocycles. The van der Waals surface area contributed by atoms with Gasteiger partial charge < -0.3 is 10.6 Å². The van der Waals surface area contributed by atoms with E-state index in [1.54, 1.807) is 17.9 Å². The van der Waals surface area contributed by atoms with Crippen LogP contribution in [0.3, 0.4) is 0 Å². The Hall–Kier alpha value is -1.76. The van der Waals surface area contributed by atoms with E-state index in [9.17, 15) is 14.9 Å². The molecule has 1 aliphatic heterocycles. The maximum absolute atomic E-state index is 12.6. The summed E-state index contributed by atoms with van der Waals surface area (Å²) in [6.45, 7) is 7.13. The minimum Gasteiger partial charge on any atom is -0.393 e. The molecular weight excluding hydrogens is 290 g/mol. The Morgan fingerprint density at radius 1 is 1.48 bits per heavy atom. The number of nitrogen functional groups attached to an aromatic ring is 1. The number of anilines is 1. The van der Waals surface area contributed by atoms with Crippen LogP contribution < -0.4 is 5.73 Å². The number of thioether (sulfide) groups is 1. The van der Waals surface area contributed by atoms with Crippen molar-refractivity contribution in [1.29, 1.82) is 0 Å². The molecule has 1 amide bonds. The smallest absolute Gasteiger partial charge is 0.293 e. The average molecular weight is 309 g/mol. The first kappa shape index (κ1) is 15.6. The molecule has 6 nitrogen and oxygen atoms in total. The van der Waals surface area contributed by atoms with Gasteiger partial charge in [0.15, 0.2) is 0 Å². The standard InChI is InChI=1S/C14H19N3O3S/c1-9-6-10(12(15)11(7-9)17(19)20)13(18)16-4-5-21-14(2,3)8-16/h6-7H,4-5,8,15H2,1-3H3. The lowest BCUT2D eigenvalue weighted by Gasteiger charge is -2.37. The molecule has 0 radical (unpaired) electrons. The van der Waals surface area contributed by atoms with Crippen LogP contribution in [0.5, 0.6) is 0 Å². The molecule has 1 aliphatic rings. The Morgan fingerprint density at radius 2 is 2.14 bits per heavy atom. The summed E-state index contributed by atoms with van der Waals surface area (Å²) in [5.41, 5.74) is 6.46. The molecule has 0 bridgehead atoms. The first-order valence-corrected chi connectivity index (χ1v) is 7.67. The highest BCUT2D eigenvalue weighted by atomic mass is 32.2. The van der Waals surface area contributed by atoms with E-state index < -0.39 is 4.92 Å². The second-order valence-electron chi connectivity index (χ2n) is 5.84. The second kappa shape index (κ2) is 5.55. The number of benzene rings is 1. The summed E-state index contributed by atoms with van der Waals surface area (Å²) in [7, 11) is 0. The first-order valence-electron chi connectivity index (χ1n) is 6.69. The fourth-order valence-electron chi connectivity index (χ4n) is 2.47. The summed E-state index contributed by atoms with van der Waals surface area (Å²) in [4.78, 5) is 24.9. The van der Waals surface area contributed by atoms with Crippen LogP contribution in [0.25, 0.3) is 0 Å². The maximum atomic E-state index is 12.6. The molecule has 1 fully saturated rings. The van der Waals surface area contributed by atoms with Crippen LogP contribution in [-0.4, -0.2) is 39.3 Å². The topological polar surface area (TPSA) is 89.5 Å². The number of rotatable bonds is 2. The molecule has 1 aromatic carbocycles. The third kappa shape index (κ3) is 3.29. The van der Waals surface area contributed by atoms with E-state index in [2.05, 4.69) is 13.8 Å². The number of aryl methyl sites for hydroxylation is 1. The zero-order valence-corrected chi connectivity index (χ0v) is 13.2. The van der Waals surface area contributed by atoms with E-state index in [0.29, 0.717) is 18.7 Å². The summed E-state index contributed by atoms with van der Waals surface area (Å²) in [6.07, 6.45) is 0. The van der Waals surface area contributed by atoms with Gasteiger partial charge >= 0.3 is 0 Å². The number of carbonyl (C=O) groups excluding carboxylic acids is 1. The monoisotopic (exact) mass is 309 g/mol. The normalized spacial score (nSPS) is 17.6. The third-order valence-electron chi connectivity index (χ3n) is 3.44. The lowest BCUT2D eigenvalue weighted by atomic mass is 10.1. The van der Waals surface area contributed by atoms with Crippen molar-refractivity contribution in [2.24, 2.45) is 0 Å². The van der Waals surface area contributed by atoms with Crippen LogP contribution >= 0.6 is 11.8 Å². The SMILES string of the molecule is Cc1cc(C(=O)N2CCSC(C)(C)C2)c(N)c([N+](=O)[O-])c1. The fourth-order valence-corrected chi connectivity index (χ4v) is 3.58. The zero-order valence-electron chi connectivity index (χ0n) is 12.4. The van der Waals surface area contributed by atoms with Crippen LogP contribution in [0.1, 0.15) is 29.8 Å². The highest BCUT2D eigenvalue weighted by molar-refractivity contribution is 8.00. The molecule has 0 unspecified atom stereocenters. The van der Waals surface area contributed by atoms with E-state index in [-0.39, 0.29) is 27.6 Å². The molecule has 114 valence electrons. The van der Waals surface area contributed by atoms with Gasteiger partial charge in [-0.2, -0.15) is 11.8 Å². The van der Waals surface area contributed by atoms with Crippen molar-refractivity contribution >= 4 is 29.0 Å². The minimum absolute atomic E-state index is 0.0154. The van der Waals surface area contributed by atoms with E-state index >= 15 is 0 Å². The Morgan fingerprint density at radius 3 is 2.71 bits per heavy atom. The number of nitrogens with zero attached hydrogens (tertiary/aromatic N) is 2. The number of nitro benzene ring substituents is 1. The summed E-state index contributed by atoms with van der Waals surface area (Å²) in [5, 5.41) is 11.0. The molecule has 2 rings (SSSR count). The Balaban J connectivity index is 2.37. The zero-order chi connectivity index (χ0) is 15.8. The highest BCUT2D eigenvalue weighted by Crippen LogP contribution is 2.32. The summed E-state index contributed by atoms with van der Waals surface area (Å²) >= 11 is 1.82. The van der Waals surface area contributed by atoms with Gasteiger partial charge in [-0.05, 0) is 32.4 Å². The van der Waals surface area contributed by atoms with Crippen LogP contribution in [-0.2, 0) is 0 Å². The van der Waals surface area contributed by atoms with Gasteiger partial charge in [0.2, 0.25) is 0 Å². The molecule has 0 spiro atoms. The number of carbonyl (C=O) groups is 1. The van der Waals surface area contributed by atoms with Gasteiger partial charge in [-0.1, -0.05) is 0 Å². The van der Waals surface area contributed by atoms with Gasteiger partial charge in [-0.15, -0.1) is 0 Å². The van der Waals surface area contributed by atoms with Crippen molar-refractivity contribution in [1.82, 2.24) is 4.90 Å². The molecule has 0 aliphatic carbocycles. The Kier molecular flexibility index (Phi) is 4.13. The van der Waals surface area contributed by atoms with Gasteiger partial charge in [0.25, 0.3) is 11.6 Å².